The largest absolute Gasteiger partial charge is 0.416 e. The van der Waals surface area contributed by atoms with Gasteiger partial charge in [0.15, 0.2) is 12.2 Å². The van der Waals surface area contributed by atoms with E-state index < -0.39 is 17.5 Å². The van der Waals surface area contributed by atoms with Crippen molar-refractivity contribution in [1.29, 1.82) is 0 Å². The predicted octanol–water partition coefficient (Wildman–Crippen LogP) is 4.52. The first kappa shape index (κ1) is 19.8. The highest BCUT2D eigenvalue weighted by Crippen LogP contribution is 2.29. The average Bonchev–Trinajstić information content (AvgIpc) is 2.62. The Morgan fingerprint density at radius 3 is 2.35 bits per heavy atom. The summed E-state index contributed by atoms with van der Waals surface area (Å²) >= 11 is 0. The molecule has 0 aliphatic heterocycles. The summed E-state index contributed by atoms with van der Waals surface area (Å²) in [7, 11) is 0. The highest BCUT2D eigenvalue weighted by Gasteiger charge is 2.31. The van der Waals surface area contributed by atoms with Gasteiger partial charge in [-0.2, -0.15) is 13.2 Å². The lowest BCUT2D eigenvalue weighted by Crippen LogP contribution is -2.37. The number of nitrogens with zero attached hydrogens (tertiary/aromatic N) is 2. The van der Waals surface area contributed by atoms with Gasteiger partial charge in [-0.15, -0.1) is 17.0 Å². The third kappa shape index (κ3) is 4.76. The number of carbonyl (C=O) groups is 1. The van der Waals surface area contributed by atoms with Crippen molar-refractivity contribution < 1.29 is 22.5 Å². The fourth-order valence-corrected chi connectivity index (χ4v) is 2.38. The Morgan fingerprint density at radius 2 is 1.73 bits per heavy atom. The number of ketones is 1. The zero-order valence-corrected chi connectivity index (χ0v) is 15.2. The number of aromatic nitrogens is 2. The monoisotopic (exact) mass is 423 g/mol. The van der Waals surface area contributed by atoms with Crippen LogP contribution >= 0.6 is 17.0 Å². The van der Waals surface area contributed by atoms with Crippen molar-refractivity contribution in [2.75, 3.05) is 0 Å². The van der Waals surface area contributed by atoms with Crippen molar-refractivity contribution in [3.05, 3.63) is 84.3 Å². The van der Waals surface area contributed by atoms with Crippen LogP contribution in [0.2, 0.25) is 0 Å². The smallest absolute Gasteiger partial charge is 0.290 e. The summed E-state index contributed by atoms with van der Waals surface area (Å²) in [6.45, 7) is -0.0800. The molecule has 0 saturated heterocycles. The van der Waals surface area contributed by atoms with Gasteiger partial charge in [-0.25, -0.2) is 4.57 Å². The Balaban J connectivity index is 0.00000243. The Bertz CT molecular complexity index is 881. The Kier molecular flexibility index (Phi) is 6.26. The highest BCUT2D eigenvalue weighted by molar-refractivity contribution is 8.93. The molecule has 1 aromatic heterocycles. The zero-order chi connectivity index (χ0) is 17.9. The number of Topliss-reactive ketones (excluding diaryl/α,β-unsaturated/α-hetero) is 1. The lowest BCUT2D eigenvalue weighted by Gasteiger charge is -2.07. The molecular formula is C19H15BrF3N2O+. The van der Waals surface area contributed by atoms with Crippen LogP contribution in [0.25, 0.3) is 11.3 Å². The first-order chi connectivity index (χ1) is 11.9. The Labute approximate surface area is 158 Å². The van der Waals surface area contributed by atoms with Crippen molar-refractivity contribution >= 4 is 22.8 Å². The van der Waals surface area contributed by atoms with E-state index in [1.165, 1.54) is 23.0 Å². The fourth-order valence-electron chi connectivity index (χ4n) is 2.38. The maximum Gasteiger partial charge on any atom is 0.416 e. The average molecular weight is 424 g/mol. The van der Waals surface area contributed by atoms with Gasteiger partial charge in [0.1, 0.15) is 0 Å². The molecule has 0 saturated carbocycles. The third-order valence-electron chi connectivity index (χ3n) is 3.68. The van der Waals surface area contributed by atoms with Gasteiger partial charge in [0, 0.05) is 17.2 Å². The molecule has 2 aromatic carbocycles. The van der Waals surface area contributed by atoms with Crippen LogP contribution in [0, 0.1) is 0 Å². The number of benzene rings is 2. The molecule has 7 heteroatoms. The van der Waals surface area contributed by atoms with Crippen molar-refractivity contribution in [1.82, 2.24) is 4.98 Å². The summed E-state index contributed by atoms with van der Waals surface area (Å²) in [5.41, 5.74) is 0.887. The van der Waals surface area contributed by atoms with Crippen LogP contribution < -0.4 is 4.57 Å². The molecule has 0 atom stereocenters. The predicted molar refractivity (Wildman–Crippen MR) is 96.0 cm³/mol. The minimum Gasteiger partial charge on any atom is -0.290 e. The maximum atomic E-state index is 12.7. The molecule has 3 nitrogen and oxygen atoms in total. The van der Waals surface area contributed by atoms with E-state index in [2.05, 4.69) is 4.98 Å². The Hall–Kier alpha value is -2.54. The second-order valence-corrected chi connectivity index (χ2v) is 5.49. The minimum absolute atomic E-state index is 0. The fraction of sp³-hybridized carbons (Fsp3) is 0.105. The molecule has 0 bridgehead atoms. The molecule has 134 valence electrons. The van der Waals surface area contributed by atoms with Gasteiger partial charge in [0.25, 0.3) is 6.33 Å². The summed E-state index contributed by atoms with van der Waals surface area (Å²) in [6.07, 6.45) is -1.29. The molecule has 0 radical (unpaired) electrons. The molecular weight excluding hydrogens is 409 g/mol. The number of hydrogen-bond donors (Lipinski definition) is 0. The number of alkyl halides is 3. The van der Waals surface area contributed by atoms with Gasteiger partial charge in [0.05, 0.1) is 11.8 Å². The van der Waals surface area contributed by atoms with Crippen LogP contribution in [-0.4, -0.2) is 10.8 Å². The van der Waals surface area contributed by atoms with E-state index in [0.717, 1.165) is 23.4 Å². The van der Waals surface area contributed by atoms with E-state index in [-0.39, 0.29) is 29.1 Å². The second kappa shape index (κ2) is 8.23. The lowest BCUT2D eigenvalue weighted by molar-refractivity contribution is -0.686. The number of carbonyl (C=O) groups excluding carboxylic acids is 1. The topological polar surface area (TPSA) is 33.8 Å². The number of halogens is 4. The standard InChI is InChI=1S/C19H14F3N2O.BrH/c20-19(21,22)16-8-4-7-15(11-16)18(25)12-24-10-9-17(23-13-24)14-5-2-1-3-6-14;/h1-11,13H,12H2;1H/q+1;. The molecule has 0 amide bonds. The molecule has 0 unspecified atom stereocenters. The van der Waals surface area contributed by atoms with Crippen molar-refractivity contribution in [3.63, 3.8) is 0 Å². The van der Waals surface area contributed by atoms with E-state index in [4.69, 9.17) is 0 Å². The SMILES string of the molecule is Br.O=C(C[n+]1ccc(-c2ccccc2)nc1)c1cccc(C(F)(F)F)c1. The molecule has 0 fully saturated rings. The lowest BCUT2D eigenvalue weighted by atomic mass is 10.1. The van der Waals surface area contributed by atoms with Gasteiger partial charge in [-0.3, -0.25) is 4.79 Å². The quantitative estimate of drug-likeness (QED) is 0.456. The molecule has 0 N–H and O–H groups in total. The zero-order valence-electron chi connectivity index (χ0n) is 13.5. The Morgan fingerprint density at radius 1 is 1.00 bits per heavy atom. The van der Waals surface area contributed by atoms with Gasteiger partial charge in [-0.05, 0) is 17.1 Å². The van der Waals surface area contributed by atoms with E-state index in [1.54, 1.807) is 12.3 Å². The summed E-state index contributed by atoms with van der Waals surface area (Å²) < 4.78 is 39.7. The third-order valence-corrected chi connectivity index (χ3v) is 3.68. The molecule has 26 heavy (non-hydrogen) atoms. The molecule has 3 rings (SSSR count). The molecule has 0 spiro atoms. The van der Waals surface area contributed by atoms with Crippen LogP contribution in [0.3, 0.4) is 0 Å². The number of rotatable bonds is 4. The van der Waals surface area contributed by atoms with Crippen LogP contribution in [0.4, 0.5) is 13.2 Å². The van der Waals surface area contributed by atoms with E-state index in [1.807, 2.05) is 30.3 Å². The number of hydrogen-bond acceptors (Lipinski definition) is 2. The summed E-state index contributed by atoms with van der Waals surface area (Å²) in [5.74, 6) is -0.412. The van der Waals surface area contributed by atoms with Gasteiger partial charge in [0.2, 0.25) is 5.78 Å². The maximum absolute atomic E-state index is 12.7. The first-order valence-corrected chi connectivity index (χ1v) is 7.54. The molecule has 1 heterocycles. The van der Waals surface area contributed by atoms with Gasteiger partial charge < -0.3 is 0 Å². The van der Waals surface area contributed by atoms with Gasteiger partial charge >= 0.3 is 6.18 Å². The summed E-state index contributed by atoms with van der Waals surface area (Å²) in [4.78, 5) is 16.5. The van der Waals surface area contributed by atoms with Crippen LogP contribution in [-0.2, 0) is 12.7 Å². The van der Waals surface area contributed by atoms with Crippen molar-refractivity contribution in [2.24, 2.45) is 0 Å². The van der Waals surface area contributed by atoms with E-state index in [9.17, 15) is 18.0 Å². The normalized spacial score (nSPS) is 10.9. The van der Waals surface area contributed by atoms with Crippen LogP contribution in [0.5, 0.6) is 0 Å². The second-order valence-electron chi connectivity index (χ2n) is 5.49. The molecule has 3 aromatic rings. The van der Waals surface area contributed by atoms with Crippen LogP contribution in [0.15, 0.2) is 73.2 Å². The molecule has 0 aliphatic carbocycles. The van der Waals surface area contributed by atoms with Gasteiger partial charge in [-0.1, -0.05) is 42.5 Å². The minimum atomic E-state index is -4.47. The summed E-state index contributed by atoms with van der Waals surface area (Å²) in [6, 6.07) is 15.7. The van der Waals surface area contributed by atoms with Crippen molar-refractivity contribution in [3.8, 4) is 11.3 Å². The summed E-state index contributed by atoms with van der Waals surface area (Å²) in [5, 5.41) is 0. The van der Waals surface area contributed by atoms with Crippen LogP contribution in [0.1, 0.15) is 15.9 Å². The highest BCUT2D eigenvalue weighted by atomic mass is 79.9. The van der Waals surface area contributed by atoms with E-state index in [0.29, 0.717) is 0 Å². The van der Waals surface area contributed by atoms with E-state index >= 15 is 0 Å². The van der Waals surface area contributed by atoms with Crippen molar-refractivity contribution in [2.45, 2.75) is 12.7 Å². The first-order valence-electron chi connectivity index (χ1n) is 7.54. The molecule has 0 aliphatic rings.